The van der Waals surface area contributed by atoms with Crippen LogP contribution in [0.5, 0.6) is 0 Å². The SMILES string of the molecule is Cc1cc(C)cc(C2CCCN2C(=O)Cc2csc(C(C)C)n2)c1. The summed E-state index contributed by atoms with van der Waals surface area (Å²) < 4.78 is 0. The minimum absolute atomic E-state index is 0.206. The molecule has 0 saturated carbocycles. The minimum Gasteiger partial charge on any atom is -0.335 e. The number of amides is 1. The van der Waals surface area contributed by atoms with Crippen LogP contribution in [0.4, 0.5) is 0 Å². The van der Waals surface area contributed by atoms with Gasteiger partial charge in [-0.2, -0.15) is 0 Å². The molecule has 4 heteroatoms. The Kier molecular flexibility index (Phi) is 5.04. The summed E-state index contributed by atoms with van der Waals surface area (Å²) in [4.78, 5) is 19.5. The van der Waals surface area contributed by atoms with Gasteiger partial charge in [-0.25, -0.2) is 4.98 Å². The summed E-state index contributed by atoms with van der Waals surface area (Å²) in [6.07, 6.45) is 2.56. The fraction of sp³-hybridized carbons (Fsp3) is 0.500. The zero-order valence-electron chi connectivity index (χ0n) is 15.0. The van der Waals surface area contributed by atoms with Crippen LogP contribution in [0.25, 0.3) is 0 Å². The number of carbonyl (C=O) groups excluding carboxylic acids is 1. The lowest BCUT2D eigenvalue weighted by atomic mass is 9.99. The van der Waals surface area contributed by atoms with Crippen LogP contribution in [0.3, 0.4) is 0 Å². The third-order valence-electron chi connectivity index (χ3n) is 4.60. The Hall–Kier alpha value is -1.68. The third kappa shape index (κ3) is 3.69. The van der Waals surface area contributed by atoms with Crippen molar-refractivity contribution < 1.29 is 4.79 Å². The van der Waals surface area contributed by atoms with Crippen LogP contribution in [0.15, 0.2) is 23.6 Å². The van der Waals surface area contributed by atoms with Gasteiger partial charge in [0.05, 0.1) is 23.2 Å². The highest BCUT2D eigenvalue weighted by atomic mass is 32.1. The number of hydrogen-bond acceptors (Lipinski definition) is 3. The molecule has 2 heterocycles. The van der Waals surface area contributed by atoms with Crippen LogP contribution >= 0.6 is 11.3 Å². The predicted octanol–water partition coefficient (Wildman–Crippen LogP) is 4.79. The summed E-state index contributed by atoms with van der Waals surface area (Å²) >= 11 is 1.66. The lowest BCUT2D eigenvalue weighted by Crippen LogP contribution is -2.32. The van der Waals surface area contributed by atoms with Crippen LogP contribution in [-0.2, 0) is 11.2 Å². The van der Waals surface area contributed by atoms with Crippen LogP contribution in [-0.4, -0.2) is 22.3 Å². The van der Waals surface area contributed by atoms with Crippen LogP contribution in [0.2, 0.25) is 0 Å². The Morgan fingerprint density at radius 3 is 2.62 bits per heavy atom. The Bertz CT molecular complexity index is 715. The highest BCUT2D eigenvalue weighted by Gasteiger charge is 2.30. The van der Waals surface area contributed by atoms with Gasteiger partial charge in [-0.1, -0.05) is 43.2 Å². The van der Waals surface area contributed by atoms with E-state index in [2.05, 4.69) is 55.8 Å². The van der Waals surface area contributed by atoms with Crippen molar-refractivity contribution in [2.24, 2.45) is 0 Å². The van der Waals surface area contributed by atoms with Crippen LogP contribution in [0.1, 0.15) is 66.0 Å². The maximum Gasteiger partial charge on any atom is 0.229 e. The Balaban J connectivity index is 1.75. The third-order valence-corrected chi connectivity index (χ3v) is 5.79. The first-order valence-corrected chi connectivity index (χ1v) is 9.64. The number of benzene rings is 1. The number of aryl methyl sites for hydroxylation is 2. The van der Waals surface area contributed by atoms with E-state index in [1.54, 1.807) is 11.3 Å². The van der Waals surface area contributed by atoms with E-state index in [1.165, 1.54) is 16.7 Å². The second kappa shape index (κ2) is 7.06. The van der Waals surface area contributed by atoms with Crippen molar-refractivity contribution in [3.63, 3.8) is 0 Å². The van der Waals surface area contributed by atoms with E-state index >= 15 is 0 Å². The molecule has 1 atom stereocenters. The molecule has 3 nitrogen and oxygen atoms in total. The molecule has 0 N–H and O–H groups in total. The summed E-state index contributed by atoms with van der Waals surface area (Å²) in [5.41, 5.74) is 4.73. The summed E-state index contributed by atoms with van der Waals surface area (Å²) in [6.45, 7) is 9.39. The van der Waals surface area contributed by atoms with Gasteiger partial charge in [0.1, 0.15) is 0 Å². The molecule has 1 aromatic heterocycles. The molecule has 0 bridgehead atoms. The number of carbonyl (C=O) groups is 1. The fourth-order valence-electron chi connectivity index (χ4n) is 3.54. The van der Waals surface area contributed by atoms with E-state index in [0.29, 0.717) is 12.3 Å². The van der Waals surface area contributed by atoms with Crippen molar-refractivity contribution in [1.29, 1.82) is 0 Å². The van der Waals surface area contributed by atoms with Gasteiger partial charge in [0.15, 0.2) is 0 Å². The Morgan fingerprint density at radius 1 is 1.29 bits per heavy atom. The van der Waals surface area contributed by atoms with Crippen LogP contribution in [0, 0.1) is 13.8 Å². The number of likely N-dealkylation sites (tertiary alicyclic amines) is 1. The number of rotatable bonds is 4. The molecule has 128 valence electrons. The van der Waals surface area contributed by atoms with Gasteiger partial charge in [-0.05, 0) is 32.3 Å². The van der Waals surface area contributed by atoms with E-state index in [0.717, 1.165) is 30.1 Å². The highest BCUT2D eigenvalue weighted by Crippen LogP contribution is 2.33. The molecule has 24 heavy (non-hydrogen) atoms. The Morgan fingerprint density at radius 2 is 2.00 bits per heavy atom. The zero-order chi connectivity index (χ0) is 17.3. The smallest absolute Gasteiger partial charge is 0.229 e. The normalized spacial score (nSPS) is 17.7. The molecule has 0 aliphatic carbocycles. The molecule has 1 saturated heterocycles. The first kappa shape index (κ1) is 17.2. The van der Waals surface area contributed by atoms with E-state index in [1.807, 2.05) is 5.38 Å². The van der Waals surface area contributed by atoms with Gasteiger partial charge in [0.2, 0.25) is 5.91 Å². The first-order chi connectivity index (χ1) is 11.4. The van der Waals surface area contributed by atoms with Crippen molar-refractivity contribution in [3.05, 3.63) is 51.0 Å². The largest absolute Gasteiger partial charge is 0.335 e. The molecule has 2 aromatic rings. The number of nitrogens with zero attached hydrogens (tertiary/aromatic N) is 2. The molecular formula is C20H26N2OS. The average molecular weight is 343 g/mol. The molecule has 1 aliphatic rings. The topological polar surface area (TPSA) is 33.2 Å². The van der Waals surface area contributed by atoms with Gasteiger partial charge in [0.25, 0.3) is 0 Å². The standard InChI is InChI=1S/C20H26N2OS/c1-13(2)20-21-17(12-24-20)11-19(23)22-7-5-6-18(22)16-9-14(3)8-15(4)10-16/h8-10,12-13,18H,5-7,11H2,1-4H3. The maximum absolute atomic E-state index is 12.8. The second-order valence-corrected chi connectivity index (χ2v) is 8.06. The molecule has 1 fully saturated rings. The lowest BCUT2D eigenvalue weighted by molar-refractivity contribution is -0.131. The summed E-state index contributed by atoms with van der Waals surface area (Å²) in [5.74, 6) is 0.630. The number of hydrogen-bond donors (Lipinski definition) is 0. The van der Waals surface area contributed by atoms with E-state index in [9.17, 15) is 4.79 Å². The molecule has 3 rings (SSSR count). The van der Waals surface area contributed by atoms with Crippen molar-refractivity contribution >= 4 is 17.2 Å². The number of thiazole rings is 1. The van der Waals surface area contributed by atoms with Gasteiger partial charge in [-0.3, -0.25) is 4.79 Å². The van der Waals surface area contributed by atoms with Gasteiger partial charge >= 0.3 is 0 Å². The molecule has 1 unspecified atom stereocenters. The molecular weight excluding hydrogens is 316 g/mol. The average Bonchev–Trinajstić information content (AvgIpc) is 3.14. The monoisotopic (exact) mass is 342 g/mol. The summed E-state index contributed by atoms with van der Waals surface area (Å²) in [7, 11) is 0. The van der Waals surface area contributed by atoms with Crippen molar-refractivity contribution in [2.45, 2.75) is 58.9 Å². The predicted molar refractivity (Wildman–Crippen MR) is 99.5 cm³/mol. The zero-order valence-corrected chi connectivity index (χ0v) is 15.8. The summed E-state index contributed by atoms with van der Waals surface area (Å²) in [6, 6.07) is 6.86. The van der Waals surface area contributed by atoms with Gasteiger partial charge in [-0.15, -0.1) is 11.3 Å². The first-order valence-electron chi connectivity index (χ1n) is 8.76. The maximum atomic E-state index is 12.8. The second-order valence-electron chi connectivity index (χ2n) is 7.17. The quantitative estimate of drug-likeness (QED) is 0.800. The van der Waals surface area contributed by atoms with Crippen molar-refractivity contribution in [3.8, 4) is 0 Å². The molecule has 1 amide bonds. The van der Waals surface area contributed by atoms with E-state index in [4.69, 9.17) is 0 Å². The minimum atomic E-state index is 0.206. The lowest BCUT2D eigenvalue weighted by Gasteiger charge is -2.25. The van der Waals surface area contributed by atoms with Crippen LogP contribution < -0.4 is 0 Å². The molecule has 0 spiro atoms. The van der Waals surface area contributed by atoms with Crippen molar-refractivity contribution in [2.75, 3.05) is 6.54 Å². The Labute approximate surface area is 148 Å². The molecule has 0 radical (unpaired) electrons. The van der Waals surface area contributed by atoms with Gasteiger partial charge < -0.3 is 4.90 Å². The number of aromatic nitrogens is 1. The fourth-order valence-corrected chi connectivity index (χ4v) is 4.37. The van der Waals surface area contributed by atoms with E-state index < -0.39 is 0 Å². The highest BCUT2D eigenvalue weighted by molar-refractivity contribution is 7.09. The summed E-state index contributed by atoms with van der Waals surface area (Å²) in [5, 5.41) is 3.15. The van der Waals surface area contributed by atoms with E-state index in [-0.39, 0.29) is 11.9 Å². The van der Waals surface area contributed by atoms with Gasteiger partial charge in [0, 0.05) is 17.8 Å². The molecule has 1 aromatic carbocycles. The molecule has 1 aliphatic heterocycles. The van der Waals surface area contributed by atoms with Crippen molar-refractivity contribution in [1.82, 2.24) is 9.88 Å².